The number of hydrogen-bond donors (Lipinski definition) is 0. The molecule has 2 aliphatic heterocycles. The molecular formula is C14H24N2O3S. The van der Waals surface area contributed by atoms with Gasteiger partial charge in [0.25, 0.3) is 0 Å². The van der Waals surface area contributed by atoms with Crippen molar-refractivity contribution in [2.24, 2.45) is 0 Å². The highest BCUT2D eigenvalue weighted by atomic mass is 32.2. The third kappa shape index (κ3) is 2.72. The minimum absolute atomic E-state index is 0.153. The molecule has 0 N–H and O–H groups in total. The molecule has 114 valence electrons. The van der Waals surface area contributed by atoms with Gasteiger partial charge in [-0.2, -0.15) is 0 Å². The molecule has 0 aromatic carbocycles. The lowest BCUT2D eigenvalue weighted by Gasteiger charge is -2.43. The van der Waals surface area contributed by atoms with Crippen molar-refractivity contribution in [2.45, 2.75) is 49.8 Å². The molecule has 2 atom stereocenters. The number of carbonyl (C=O) groups is 1. The number of amides is 1. The highest BCUT2D eigenvalue weighted by molar-refractivity contribution is 7.92. The van der Waals surface area contributed by atoms with Gasteiger partial charge in [0.05, 0.1) is 11.0 Å². The van der Waals surface area contributed by atoms with Gasteiger partial charge in [0.1, 0.15) is 0 Å². The Morgan fingerprint density at radius 3 is 2.60 bits per heavy atom. The maximum absolute atomic E-state index is 12.2. The molecule has 0 aromatic rings. The first-order valence-corrected chi connectivity index (χ1v) is 9.53. The molecule has 2 saturated heterocycles. The van der Waals surface area contributed by atoms with Gasteiger partial charge >= 0.3 is 0 Å². The fourth-order valence-corrected chi connectivity index (χ4v) is 6.05. The Morgan fingerprint density at radius 1 is 1.05 bits per heavy atom. The van der Waals surface area contributed by atoms with Crippen molar-refractivity contribution >= 4 is 15.7 Å². The number of fused-ring (bicyclic) bond motifs is 1. The van der Waals surface area contributed by atoms with Crippen molar-refractivity contribution in [2.75, 3.05) is 31.9 Å². The lowest BCUT2D eigenvalue weighted by molar-refractivity contribution is -0.127. The Kier molecular flexibility index (Phi) is 4.04. The first kappa shape index (κ1) is 14.3. The quantitative estimate of drug-likeness (QED) is 0.768. The van der Waals surface area contributed by atoms with E-state index < -0.39 is 9.84 Å². The molecule has 1 saturated carbocycles. The van der Waals surface area contributed by atoms with E-state index in [4.69, 9.17) is 0 Å². The summed E-state index contributed by atoms with van der Waals surface area (Å²) in [5.74, 6) is 0.553. The van der Waals surface area contributed by atoms with Crippen LogP contribution >= 0.6 is 0 Å². The summed E-state index contributed by atoms with van der Waals surface area (Å²) in [6.45, 7) is 3.12. The summed E-state index contributed by atoms with van der Waals surface area (Å²) < 4.78 is 24.4. The number of sulfone groups is 1. The van der Waals surface area contributed by atoms with E-state index >= 15 is 0 Å². The fourth-order valence-electron chi connectivity index (χ4n) is 3.94. The van der Waals surface area contributed by atoms with E-state index in [1.165, 1.54) is 0 Å². The normalized spacial score (nSPS) is 34.2. The van der Waals surface area contributed by atoms with Crippen LogP contribution in [0.25, 0.3) is 0 Å². The molecule has 0 unspecified atom stereocenters. The number of likely N-dealkylation sites (tertiary alicyclic amines) is 1. The van der Waals surface area contributed by atoms with Gasteiger partial charge in [-0.1, -0.05) is 12.8 Å². The maximum Gasteiger partial charge on any atom is 0.222 e. The topological polar surface area (TPSA) is 57.7 Å². The van der Waals surface area contributed by atoms with E-state index in [1.807, 2.05) is 4.90 Å². The second-order valence-electron chi connectivity index (χ2n) is 6.28. The van der Waals surface area contributed by atoms with Gasteiger partial charge in [0.2, 0.25) is 5.91 Å². The molecule has 3 rings (SSSR count). The van der Waals surface area contributed by atoms with Gasteiger partial charge in [0, 0.05) is 38.6 Å². The van der Waals surface area contributed by atoms with Crippen molar-refractivity contribution in [1.29, 1.82) is 0 Å². The summed E-state index contributed by atoms with van der Waals surface area (Å²) in [5.41, 5.74) is 0. The molecule has 0 aromatic heterocycles. The summed E-state index contributed by atoms with van der Waals surface area (Å²) >= 11 is 0. The average Bonchev–Trinajstić information content (AvgIpc) is 2.84. The maximum atomic E-state index is 12.2. The predicted molar refractivity (Wildman–Crippen MR) is 77.2 cm³/mol. The summed E-state index contributed by atoms with van der Waals surface area (Å²) in [4.78, 5) is 15.9. The van der Waals surface area contributed by atoms with Crippen molar-refractivity contribution in [1.82, 2.24) is 9.80 Å². The lowest BCUT2D eigenvalue weighted by atomic mass is 9.93. The van der Waals surface area contributed by atoms with Crippen molar-refractivity contribution in [3.63, 3.8) is 0 Å². The van der Waals surface area contributed by atoms with Crippen molar-refractivity contribution < 1.29 is 13.2 Å². The van der Waals surface area contributed by atoms with Gasteiger partial charge in [-0.05, 0) is 19.3 Å². The number of carbonyl (C=O) groups excluding carboxylic acids is 1. The fraction of sp³-hybridized carbons (Fsp3) is 0.929. The molecule has 20 heavy (non-hydrogen) atoms. The molecule has 0 bridgehead atoms. The van der Waals surface area contributed by atoms with E-state index in [9.17, 15) is 13.2 Å². The largest absolute Gasteiger partial charge is 0.341 e. The first-order valence-electron chi connectivity index (χ1n) is 7.81. The van der Waals surface area contributed by atoms with Gasteiger partial charge in [-0.15, -0.1) is 0 Å². The summed E-state index contributed by atoms with van der Waals surface area (Å²) in [7, 11) is -2.89. The van der Waals surface area contributed by atoms with E-state index in [0.717, 1.165) is 51.7 Å². The van der Waals surface area contributed by atoms with E-state index in [2.05, 4.69) is 4.90 Å². The summed E-state index contributed by atoms with van der Waals surface area (Å²) in [6.07, 6.45) is 5.65. The molecule has 1 amide bonds. The minimum atomic E-state index is -2.89. The lowest BCUT2D eigenvalue weighted by Crippen LogP contribution is -2.57. The second-order valence-corrected chi connectivity index (χ2v) is 8.62. The molecule has 1 aliphatic carbocycles. The van der Waals surface area contributed by atoms with Gasteiger partial charge in [-0.3, -0.25) is 9.69 Å². The Hall–Kier alpha value is -0.620. The van der Waals surface area contributed by atoms with Crippen LogP contribution in [0.15, 0.2) is 0 Å². The molecule has 0 radical (unpaired) electrons. The first-order chi connectivity index (χ1) is 9.58. The average molecular weight is 300 g/mol. The molecule has 2 heterocycles. The Morgan fingerprint density at radius 2 is 1.85 bits per heavy atom. The predicted octanol–water partition coefficient (Wildman–Crippen LogP) is 0.650. The zero-order valence-electron chi connectivity index (χ0n) is 12.0. The van der Waals surface area contributed by atoms with Crippen LogP contribution in [0.1, 0.15) is 38.5 Å². The second kappa shape index (κ2) is 5.64. The van der Waals surface area contributed by atoms with Gasteiger partial charge in [0.15, 0.2) is 9.84 Å². The standard InChI is InChI=1S/C14H24N2O3S/c17-14-6-3-7-16(14)9-8-15-10-11-20(18,19)13-5-2-1-4-12(13)15/h12-13H,1-11H2/t12-,13-/m1/s1. The highest BCUT2D eigenvalue weighted by Gasteiger charge is 2.42. The third-order valence-electron chi connectivity index (χ3n) is 5.09. The molecule has 5 nitrogen and oxygen atoms in total. The van der Waals surface area contributed by atoms with E-state index in [0.29, 0.717) is 18.7 Å². The molecular weight excluding hydrogens is 276 g/mol. The van der Waals surface area contributed by atoms with Crippen LogP contribution in [-0.4, -0.2) is 67.3 Å². The Bertz CT molecular complexity index is 477. The van der Waals surface area contributed by atoms with E-state index in [-0.39, 0.29) is 17.2 Å². The molecule has 3 aliphatic rings. The molecule has 0 spiro atoms. The minimum Gasteiger partial charge on any atom is -0.341 e. The summed E-state index contributed by atoms with van der Waals surface area (Å²) in [6, 6.07) is 0.195. The van der Waals surface area contributed by atoms with Crippen molar-refractivity contribution in [3.8, 4) is 0 Å². The summed E-state index contributed by atoms with van der Waals surface area (Å²) in [5, 5.41) is -0.153. The molecule has 3 fully saturated rings. The molecule has 6 heteroatoms. The van der Waals surface area contributed by atoms with Crippen LogP contribution in [0.5, 0.6) is 0 Å². The zero-order valence-corrected chi connectivity index (χ0v) is 12.8. The Balaban J connectivity index is 1.63. The number of hydrogen-bond acceptors (Lipinski definition) is 4. The van der Waals surface area contributed by atoms with Crippen LogP contribution in [0.4, 0.5) is 0 Å². The van der Waals surface area contributed by atoms with Crippen LogP contribution in [0, 0.1) is 0 Å². The van der Waals surface area contributed by atoms with Gasteiger partial charge in [-0.25, -0.2) is 8.42 Å². The number of nitrogens with zero attached hydrogens (tertiary/aromatic N) is 2. The Labute approximate surface area is 121 Å². The monoisotopic (exact) mass is 300 g/mol. The van der Waals surface area contributed by atoms with Crippen LogP contribution in [0.2, 0.25) is 0 Å². The van der Waals surface area contributed by atoms with Crippen LogP contribution in [0.3, 0.4) is 0 Å². The zero-order chi connectivity index (χ0) is 14.2. The van der Waals surface area contributed by atoms with Crippen molar-refractivity contribution in [3.05, 3.63) is 0 Å². The van der Waals surface area contributed by atoms with Crippen LogP contribution in [-0.2, 0) is 14.6 Å². The smallest absolute Gasteiger partial charge is 0.222 e. The number of rotatable bonds is 3. The SMILES string of the molecule is O=C1CCCN1CCN1CCS(=O)(=O)[C@@H]2CCCC[C@H]21. The highest BCUT2D eigenvalue weighted by Crippen LogP contribution is 2.31. The third-order valence-corrected chi connectivity index (χ3v) is 7.31. The van der Waals surface area contributed by atoms with Gasteiger partial charge < -0.3 is 4.90 Å². The van der Waals surface area contributed by atoms with Crippen LogP contribution < -0.4 is 0 Å². The van der Waals surface area contributed by atoms with E-state index in [1.54, 1.807) is 0 Å².